The van der Waals surface area contributed by atoms with Gasteiger partial charge in [-0.05, 0) is 0 Å². The summed E-state index contributed by atoms with van der Waals surface area (Å²) in [5.74, 6) is -0.0304. The SMILES string of the molecule is NC(=O)Cn1ccnc1-c1cccc([N+](=O)[O-])c1. The van der Waals surface area contributed by atoms with Gasteiger partial charge in [0.1, 0.15) is 12.4 Å². The summed E-state index contributed by atoms with van der Waals surface area (Å²) in [6, 6.07) is 6.05. The average Bonchev–Trinajstić information content (AvgIpc) is 2.76. The second-order valence-corrected chi connectivity index (χ2v) is 3.65. The Hall–Kier alpha value is -2.70. The minimum absolute atomic E-state index is 0.0158. The third-order valence-corrected chi connectivity index (χ3v) is 2.36. The van der Waals surface area contributed by atoms with Crippen LogP contribution in [0.4, 0.5) is 5.69 Å². The molecule has 0 atom stereocenters. The van der Waals surface area contributed by atoms with E-state index in [0.29, 0.717) is 11.4 Å². The van der Waals surface area contributed by atoms with Crippen molar-refractivity contribution in [3.63, 3.8) is 0 Å². The van der Waals surface area contributed by atoms with Crippen molar-refractivity contribution in [2.24, 2.45) is 5.73 Å². The normalized spacial score (nSPS) is 10.2. The van der Waals surface area contributed by atoms with Crippen LogP contribution < -0.4 is 5.73 Å². The van der Waals surface area contributed by atoms with Crippen LogP contribution in [0.25, 0.3) is 11.4 Å². The van der Waals surface area contributed by atoms with Gasteiger partial charge in [-0.25, -0.2) is 4.98 Å². The summed E-state index contributed by atoms with van der Waals surface area (Å²) in [6.45, 7) is -0.0158. The van der Waals surface area contributed by atoms with Crippen LogP contribution >= 0.6 is 0 Å². The molecule has 0 aliphatic rings. The van der Waals surface area contributed by atoms with E-state index in [0.717, 1.165) is 0 Å². The molecule has 0 radical (unpaired) electrons. The molecule has 0 fully saturated rings. The van der Waals surface area contributed by atoms with E-state index in [9.17, 15) is 14.9 Å². The highest BCUT2D eigenvalue weighted by Gasteiger charge is 2.11. The molecule has 0 saturated heterocycles. The molecular formula is C11H10N4O3. The van der Waals surface area contributed by atoms with E-state index in [4.69, 9.17) is 5.73 Å². The summed E-state index contributed by atoms with van der Waals surface area (Å²) < 4.78 is 1.54. The number of hydrogen-bond acceptors (Lipinski definition) is 4. The molecule has 1 aromatic carbocycles. The molecule has 1 heterocycles. The van der Waals surface area contributed by atoms with Crippen molar-refractivity contribution in [2.45, 2.75) is 6.54 Å². The van der Waals surface area contributed by atoms with E-state index in [-0.39, 0.29) is 12.2 Å². The Labute approximate surface area is 102 Å². The average molecular weight is 246 g/mol. The maximum atomic E-state index is 10.9. The minimum atomic E-state index is -0.500. The highest BCUT2D eigenvalue weighted by molar-refractivity contribution is 5.74. The number of imidazole rings is 1. The minimum Gasteiger partial charge on any atom is -0.368 e. The molecule has 0 aliphatic carbocycles. The Bertz CT molecular complexity index is 606. The molecule has 2 aromatic rings. The Morgan fingerprint density at radius 3 is 2.94 bits per heavy atom. The highest BCUT2D eigenvalue weighted by Crippen LogP contribution is 2.22. The van der Waals surface area contributed by atoms with Gasteiger partial charge >= 0.3 is 0 Å². The van der Waals surface area contributed by atoms with Gasteiger partial charge < -0.3 is 10.3 Å². The predicted molar refractivity (Wildman–Crippen MR) is 63.5 cm³/mol. The predicted octanol–water partition coefficient (Wildman–Crippen LogP) is 0.944. The second kappa shape index (κ2) is 4.66. The number of aromatic nitrogens is 2. The number of rotatable bonds is 4. The molecule has 0 bridgehead atoms. The van der Waals surface area contributed by atoms with Gasteiger partial charge in [0.25, 0.3) is 5.69 Å². The van der Waals surface area contributed by atoms with Crippen LogP contribution in [0.15, 0.2) is 36.7 Å². The van der Waals surface area contributed by atoms with E-state index >= 15 is 0 Å². The van der Waals surface area contributed by atoms with Crippen LogP contribution in [0.2, 0.25) is 0 Å². The van der Waals surface area contributed by atoms with Crippen molar-refractivity contribution < 1.29 is 9.72 Å². The topological polar surface area (TPSA) is 104 Å². The summed E-state index contributed by atoms with van der Waals surface area (Å²) in [5.41, 5.74) is 5.65. The Balaban J connectivity index is 2.42. The molecule has 0 spiro atoms. The lowest BCUT2D eigenvalue weighted by molar-refractivity contribution is -0.384. The molecule has 18 heavy (non-hydrogen) atoms. The molecule has 7 nitrogen and oxygen atoms in total. The first kappa shape index (κ1) is 11.8. The van der Waals surface area contributed by atoms with Crippen LogP contribution in [0, 0.1) is 10.1 Å². The number of nitro benzene ring substituents is 1. The lowest BCUT2D eigenvalue weighted by Gasteiger charge is -2.05. The molecular weight excluding hydrogens is 236 g/mol. The van der Waals surface area contributed by atoms with E-state index < -0.39 is 10.8 Å². The standard InChI is InChI=1S/C11H10N4O3/c12-10(16)7-14-5-4-13-11(14)8-2-1-3-9(6-8)15(17)18/h1-6H,7H2,(H2,12,16). The third kappa shape index (κ3) is 2.34. The summed E-state index contributed by atoms with van der Waals surface area (Å²) in [6.07, 6.45) is 3.11. The first-order valence-electron chi connectivity index (χ1n) is 5.12. The van der Waals surface area contributed by atoms with Gasteiger partial charge in [0, 0.05) is 30.1 Å². The number of amides is 1. The van der Waals surface area contributed by atoms with Gasteiger partial charge in [-0.2, -0.15) is 0 Å². The van der Waals surface area contributed by atoms with Gasteiger partial charge in [0.15, 0.2) is 0 Å². The van der Waals surface area contributed by atoms with Crippen molar-refractivity contribution in [2.75, 3.05) is 0 Å². The van der Waals surface area contributed by atoms with Gasteiger partial charge in [0.2, 0.25) is 5.91 Å². The summed E-state index contributed by atoms with van der Waals surface area (Å²) in [5, 5.41) is 10.7. The molecule has 1 aromatic heterocycles. The largest absolute Gasteiger partial charge is 0.368 e. The molecule has 2 rings (SSSR count). The van der Waals surface area contributed by atoms with Crippen LogP contribution in [0.1, 0.15) is 0 Å². The Morgan fingerprint density at radius 2 is 2.28 bits per heavy atom. The van der Waals surface area contributed by atoms with Crippen molar-refractivity contribution in [1.29, 1.82) is 0 Å². The van der Waals surface area contributed by atoms with Gasteiger partial charge in [-0.1, -0.05) is 12.1 Å². The van der Waals surface area contributed by atoms with Crippen molar-refractivity contribution >= 4 is 11.6 Å². The molecule has 2 N–H and O–H groups in total. The Kier molecular flexibility index (Phi) is 3.05. The van der Waals surface area contributed by atoms with Gasteiger partial charge in [-0.15, -0.1) is 0 Å². The molecule has 7 heteroatoms. The number of hydrogen-bond donors (Lipinski definition) is 1. The first-order valence-corrected chi connectivity index (χ1v) is 5.12. The smallest absolute Gasteiger partial charge is 0.270 e. The van der Waals surface area contributed by atoms with Crippen LogP contribution in [0.3, 0.4) is 0 Å². The molecule has 0 saturated carbocycles. The number of carbonyl (C=O) groups is 1. The zero-order valence-electron chi connectivity index (χ0n) is 9.31. The number of benzene rings is 1. The van der Waals surface area contributed by atoms with E-state index in [1.54, 1.807) is 22.9 Å². The summed E-state index contributed by atoms with van der Waals surface area (Å²) in [7, 11) is 0. The molecule has 1 amide bonds. The monoisotopic (exact) mass is 246 g/mol. The number of nitrogens with two attached hydrogens (primary N) is 1. The quantitative estimate of drug-likeness (QED) is 0.640. The van der Waals surface area contributed by atoms with Crippen molar-refractivity contribution in [3.05, 3.63) is 46.8 Å². The molecule has 0 aliphatic heterocycles. The van der Waals surface area contributed by atoms with Crippen molar-refractivity contribution in [1.82, 2.24) is 9.55 Å². The second-order valence-electron chi connectivity index (χ2n) is 3.65. The van der Waals surface area contributed by atoms with E-state index in [1.807, 2.05) is 0 Å². The number of carbonyl (C=O) groups excluding carboxylic acids is 1. The fourth-order valence-corrected chi connectivity index (χ4v) is 1.62. The Morgan fingerprint density at radius 1 is 1.50 bits per heavy atom. The zero-order valence-corrected chi connectivity index (χ0v) is 9.31. The van der Waals surface area contributed by atoms with Gasteiger partial charge in [0.05, 0.1) is 4.92 Å². The fourth-order valence-electron chi connectivity index (χ4n) is 1.62. The number of nitrogens with zero attached hydrogens (tertiary/aromatic N) is 3. The summed E-state index contributed by atoms with van der Waals surface area (Å²) >= 11 is 0. The number of primary amides is 1. The maximum absolute atomic E-state index is 10.9. The third-order valence-electron chi connectivity index (χ3n) is 2.36. The van der Waals surface area contributed by atoms with Crippen molar-refractivity contribution in [3.8, 4) is 11.4 Å². The molecule has 92 valence electrons. The van der Waals surface area contributed by atoms with Crippen LogP contribution in [-0.4, -0.2) is 20.4 Å². The zero-order chi connectivity index (χ0) is 13.1. The maximum Gasteiger partial charge on any atom is 0.270 e. The fraction of sp³-hybridized carbons (Fsp3) is 0.0909. The number of nitro groups is 1. The highest BCUT2D eigenvalue weighted by atomic mass is 16.6. The van der Waals surface area contributed by atoms with E-state index in [2.05, 4.69) is 4.98 Å². The first-order chi connectivity index (χ1) is 8.58. The summed E-state index contributed by atoms with van der Waals surface area (Å²) in [4.78, 5) is 25.2. The lowest BCUT2D eigenvalue weighted by atomic mass is 10.2. The number of non-ortho nitro benzene ring substituents is 1. The van der Waals surface area contributed by atoms with Gasteiger partial charge in [-0.3, -0.25) is 14.9 Å². The van der Waals surface area contributed by atoms with E-state index in [1.165, 1.54) is 18.3 Å². The lowest BCUT2D eigenvalue weighted by Crippen LogP contribution is -2.18. The molecule has 0 unspecified atom stereocenters. The van der Waals surface area contributed by atoms with Crippen LogP contribution in [0.5, 0.6) is 0 Å². The van der Waals surface area contributed by atoms with Crippen LogP contribution in [-0.2, 0) is 11.3 Å².